The summed E-state index contributed by atoms with van der Waals surface area (Å²) < 4.78 is 6.78. The van der Waals surface area contributed by atoms with Gasteiger partial charge in [-0.3, -0.25) is 19.5 Å². The van der Waals surface area contributed by atoms with E-state index in [1.54, 1.807) is 43.7 Å². The van der Waals surface area contributed by atoms with E-state index >= 15 is 0 Å². The van der Waals surface area contributed by atoms with Crippen molar-refractivity contribution < 1.29 is 14.3 Å². The lowest BCUT2D eigenvalue weighted by atomic mass is 10.1. The van der Waals surface area contributed by atoms with Crippen LogP contribution in [0.25, 0.3) is 10.9 Å². The van der Waals surface area contributed by atoms with Crippen LogP contribution >= 0.6 is 11.8 Å². The zero-order chi connectivity index (χ0) is 23.1. The number of aryl methyl sites for hydroxylation is 1. The zero-order valence-electron chi connectivity index (χ0n) is 18.3. The van der Waals surface area contributed by atoms with Gasteiger partial charge in [0.15, 0.2) is 5.16 Å². The molecule has 0 aliphatic rings. The molecule has 1 aromatic heterocycles. The molecule has 2 aromatic carbocycles. The Labute approximate surface area is 190 Å². The van der Waals surface area contributed by atoms with E-state index in [0.29, 0.717) is 35.6 Å². The van der Waals surface area contributed by atoms with E-state index in [-0.39, 0.29) is 5.56 Å². The van der Waals surface area contributed by atoms with Gasteiger partial charge in [0, 0.05) is 13.1 Å². The average molecular weight is 455 g/mol. The monoisotopic (exact) mass is 454 g/mol. The second-order valence-corrected chi connectivity index (χ2v) is 8.38. The minimum atomic E-state index is -0.627. The number of para-hydroxylation sites is 1. The number of nitrogens with one attached hydrogen (secondary N) is 2. The van der Waals surface area contributed by atoms with Crippen LogP contribution in [0, 0.1) is 0 Å². The van der Waals surface area contributed by atoms with Crippen LogP contribution in [-0.2, 0) is 17.8 Å². The molecule has 0 fully saturated rings. The van der Waals surface area contributed by atoms with Crippen LogP contribution < -0.4 is 20.9 Å². The zero-order valence-corrected chi connectivity index (χ0v) is 19.1. The highest BCUT2D eigenvalue weighted by molar-refractivity contribution is 8.00. The Balaban J connectivity index is 1.87. The number of aromatic nitrogens is 2. The largest absolute Gasteiger partial charge is 0.497 e. The number of ether oxygens (including phenoxy) is 1. The third-order valence-corrected chi connectivity index (χ3v) is 5.93. The number of fused-ring (bicyclic) bond motifs is 1. The Morgan fingerprint density at radius 2 is 1.88 bits per heavy atom. The van der Waals surface area contributed by atoms with E-state index in [9.17, 15) is 14.4 Å². The van der Waals surface area contributed by atoms with Crippen molar-refractivity contribution in [1.82, 2.24) is 20.2 Å². The predicted molar refractivity (Wildman–Crippen MR) is 125 cm³/mol. The summed E-state index contributed by atoms with van der Waals surface area (Å²) >= 11 is 1.15. The molecular formula is C23H26N4O4S. The Kier molecular flexibility index (Phi) is 7.88. The molecule has 168 valence electrons. The van der Waals surface area contributed by atoms with E-state index < -0.39 is 17.2 Å². The molecule has 0 saturated heterocycles. The highest BCUT2D eigenvalue weighted by Crippen LogP contribution is 2.23. The molecule has 0 aliphatic carbocycles. The lowest BCUT2D eigenvalue weighted by Crippen LogP contribution is -2.42. The van der Waals surface area contributed by atoms with Crippen LogP contribution in [0.5, 0.6) is 5.75 Å². The maximum absolute atomic E-state index is 13.2. The Hall–Kier alpha value is -3.33. The van der Waals surface area contributed by atoms with E-state index in [0.717, 1.165) is 23.1 Å². The smallest absolute Gasteiger partial charge is 0.321 e. The molecule has 0 radical (unpaired) electrons. The van der Waals surface area contributed by atoms with Crippen LogP contribution in [0.15, 0.2) is 58.5 Å². The van der Waals surface area contributed by atoms with Gasteiger partial charge in [0.25, 0.3) is 5.56 Å². The average Bonchev–Trinajstić information content (AvgIpc) is 2.79. The highest BCUT2D eigenvalue weighted by Gasteiger charge is 2.21. The van der Waals surface area contributed by atoms with Gasteiger partial charge < -0.3 is 10.1 Å². The lowest BCUT2D eigenvalue weighted by molar-refractivity contribution is -0.119. The standard InChI is InChI=1S/C23H26N4O4S/c1-4-24-22(30)26-20(28)15(2)32-23-25-19-8-6-5-7-18(19)21(29)27(23)14-13-16-9-11-17(31-3)12-10-16/h5-12,15H,4,13-14H2,1-3H3,(H2,24,26,28,30). The number of methoxy groups -OCH3 is 1. The predicted octanol–water partition coefficient (Wildman–Crippen LogP) is 2.97. The SMILES string of the molecule is CCNC(=O)NC(=O)C(C)Sc1nc2ccccc2c(=O)n1CCc1ccc(OC)cc1. The summed E-state index contributed by atoms with van der Waals surface area (Å²) in [6.07, 6.45) is 0.608. The van der Waals surface area contributed by atoms with Gasteiger partial charge in [-0.05, 0) is 50.1 Å². The first kappa shape index (κ1) is 23.3. The summed E-state index contributed by atoms with van der Waals surface area (Å²) in [6, 6.07) is 14.2. The summed E-state index contributed by atoms with van der Waals surface area (Å²) in [5.74, 6) is 0.312. The molecular weight excluding hydrogens is 428 g/mol. The van der Waals surface area contributed by atoms with Gasteiger partial charge in [-0.25, -0.2) is 9.78 Å². The molecule has 0 saturated carbocycles. The van der Waals surface area contributed by atoms with Crippen molar-refractivity contribution in [2.24, 2.45) is 0 Å². The third-order valence-electron chi connectivity index (χ3n) is 4.84. The molecule has 1 heterocycles. The van der Waals surface area contributed by atoms with Crippen molar-refractivity contribution in [3.8, 4) is 5.75 Å². The fourth-order valence-corrected chi connectivity index (χ4v) is 4.03. The number of carbonyl (C=O) groups is 2. The second kappa shape index (κ2) is 10.8. The number of benzene rings is 2. The first-order valence-electron chi connectivity index (χ1n) is 10.3. The van der Waals surface area contributed by atoms with Gasteiger partial charge in [0.2, 0.25) is 5.91 Å². The van der Waals surface area contributed by atoms with E-state index in [1.165, 1.54) is 0 Å². The quantitative estimate of drug-likeness (QED) is 0.401. The van der Waals surface area contributed by atoms with Gasteiger partial charge >= 0.3 is 6.03 Å². The molecule has 2 N–H and O–H groups in total. The maximum atomic E-state index is 13.2. The van der Waals surface area contributed by atoms with Gasteiger partial charge in [-0.15, -0.1) is 0 Å². The van der Waals surface area contributed by atoms with Crippen molar-refractivity contribution in [1.29, 1.82) is 0 Å². The first-order valence-corrected chi connectivity index (χ1v) is 11.2. The number of nitrogens with zero attached hydrogens (tertiary/aromatic N) is 2. The third kappa shape index (κ3) is 5.67. The summed E-state index contributed by atoms with van der Waals surface area (Å²) in [5.41, 5.74) is 1.45. The number of amides is 3. The number of hydrogen-bond acceptors (Lipinski definition) is 6. The topological polar surface area (TPSA) is 102 Å². The Morgan fingerprint density at radius 1 is 1.16 bits per heavy atom. The van der Waals surface area contributed by atoms with Gasteiger partial charge in [0.1, 0.15) is 5.75 Å². The van der Waals surface area contributed by atoms with Gasteiger partial charge in [0.05, 0.1) is 23.3 Å². The van der Waals surface area contributed by atoms with Crippen LogP contribution in [0.4, 0.5) is 4.79 Å². The fourth-order valence-electron chi connectivity index (χ4n) is 3.10. The maximum Gasteiger partial charge on any atom is 0.321 e. The molecule has 3 amide bonds. The minimum absolute atomic E-state index is 0.164. The Bertz CT molecular complexity index is 1160. The van der Waals surface area contributed by atoms with Crippen molar-refractivity contribution in [2.45, 2.75) is 37.2 Å². The van der Waals surface area contributed by atoms with Gasteiger partial charge in [-0.1, -0.05) is 36.0 Å². The number of urea groups is 1. The van der Waals surface area contributed by atoms with Crippen molar-refractivity contribution >= 4 is 34.6 Å². The molecule has 9 heteroatoms. The molecule has 0 spiro atoms. The molecule has 32 heavy (non-hydrogen) atoms. The number of hydrogen-bond donors (Lipinski definition) is 2. The van der Waals surface area contributed by atoms with E-state index in [2.05, 4.69) is 15.6 Å². The van der Waals surface area contributed by atoms with Crippen molar-refractivity contribution in [3.05, 3.63) is 64.4 Å². The minimum Gasteiger partial charge on any atom is -0.497 e. The van der Waals surface area contributed by atoms with Crippen LogP contribution in [0.2, 0.25) is 0 Å². The molecule has 3 rings (SSSR count). The molecule has 1 atom stereocenters. The first-order chi connectivity index (χ1) is 15.4. The fraction of sp³-hybridized carbons (Fsp3) is 0.304. The highest BCUT2D eigenvalue weighted by atomic mass is 32.2. The van der Waals surface area contributed by atoms with E-state index in [4.69, 9.17) is 4.74 Å². The molecule has 8 nitrogen and oxygen atoms in total. The van der Waals surface area contributed by atoms with Crippen LogP contribution in [-0.4, -0.2) is 40.4 Å². The summed E-state index contributed by atoms with van der Waals surface area (Å²) in [4.78, 5) is 41.9. The molecule has 1 unspecified atom stereocenters. The van der Waals surface area contributed by atoms with Crippen LogP contribution in [0.3, 0.4) is 0 Å². The second-order valence-electron chi connectivity index (χ2n) is 7.08. The molecule has 3 aromatic rings. The summed E-state index contributed by atoms with van der Waals surface area (Å²) in [7, 11) is 1.61. The normalized spacial score (nSPS) is 11.7. The number of rotatable bonds is 8. The lowest BCUT2D eigenvalue weighted by Gasteiger charge is -2.16. The number of thioether (sulfide) groups is 1. The number of imide groups is 1. The van der Waals surface area contributed by atoms with E-state index in [1.807, 2.05) is 30.3 Å². The number of carbonyl (C=O) groups excluding carboxylic acids is 2. The van der Waals surface area contributed by atoms with Crippen LogP contribution in [0.1, 0.15) is 19.4 Å². The molecule has 0 bridgehead atoms. The summed E-state index contributed by atoms with van der Waals surface area (Å²) in [6.45, 7) is 4.25. The molecule has 0 aliphatic heterocycles. The Morgan fingerprint density at radius 3 is 2.56 bits per heavy atom. The van der Waals surface area contributed by atoms with Crippen molar-refractivity contribution in [2.75, 3.05) is 13.7 Å². The van der Waals surface area contributed by atoms with Gasteiger partial charge in [-0.2, -0.15) is 0 Å². The summed E-state index contributed by atoms with van der Waals surface area (Å²) in [5, 5.41) is 5.15. The van der Waals surface area contributed by atoms with Crippen molar-refractivity contribution in [3.63, 3.8) is 0 Å².